The molecule has 0 aliphatic heterocycles. The molecule has 90 valence electrons. The molecule has 0 aromatic heterocycles. The van der Waals surface area contributed by atoms with Gasteiger partial charge in [0.25, 0.3) is 0 Å². The summed E-state index contributed by atoms with van der Waals surface area (Å²) in [6, 6.07) is 5.96. The highest BCUT2D eigenvalue weighted by Crippen LogP contribution is 2.21. The lowest BCUT2D eigenvalue weighted by molar-refractivity contribution is 0.0497. The van der Waals surface area contributed by atoms with E-state index in [1.54, 1.807) is 7.11 Å². The van der Waals surface area contributed by atoms with Gasteiger partial charge in [-0.25, -0.2) is 0 Å². The Labute approximate surface area is 97.6 Å². The third-order valence-electron chi connectivity index (χ3n) is 2.68. The van der Waals surface area contributed by atoms with Gasteiger partial charge in [0.2, 0.25) is 0 Å². The van der Waals surface area contributed by atoms with Gasteiger partial charge in [-0.1, -0.05) is 13.0 Å². The van der Waals surface area contributed by atoms with E-state index in [1.807, 2.05) is 18.2 Å². The fourth-order valence-corrected chi connectivity index (χ4v) is 1.42. The summed E-state index contributed by atoms with van der Waals surface area (Å²) in [5, 5.41) is 0. The first-order valence-electron chi connectivity index (χ1n) is 5.68. The summed E-state index contributed by atoms with van der Waals surface area (Å²) < 4.78 is 11.0. The van der Waals surface area contributed by atoms with Crippen LogP contribution in [0.25, 0.3) is 0 Å². The van der Waals surface area contributed by atoms with E-state index in [4.69, 9.17) is 15.2 Å². The average molecular weight is 223 g/mol. The van der Waals surface area contributed by atoms with Crippen molar-refractivity contribution in [3.8, 4) is 5.75 Å². The monoisotopic (exact) mass is 223 g/mol. The summed E-state index contributed by atoms with van der Waals surface area (Å²) in [5.41, 5.74) is 7.77. The van der Waals surface area contributed by atoms with Gasteiger partial charge < -0.3 is 15.2 Å². The fourth-order valence-electron chi connectivity index (χ4n) is 1.42. The Kier molecular flexibility index (Phi) is 5.29. The Morgan fingerprint density at radius 3 is 2.69 bits per heavy atom. The molecule has 0 saturated heterocycles. The molecule has 0 amide bonds. The summed E-state index contributed by atoms with van der Waals surface area (Å²) >= 11 is 0. The Hall–Kier alpha value is -1.06. The van der Waals surface area contributed by atoms with Gasteiger partial charge in [-0.05, 0) is 31.0 Å². The number of methoxy groups -OCH3 is 1. The summed E-state index contributed by atoms with van der Waals surface area (Å²) in [4.78, 5) is 0. The summed E-state index contributed by atoms with van der Waals surface area (Å²) in [6.07, 6.45) is 1.28. The number of hydrogen-bond donors (Lipinski definition) is 1. The molecule has 0 heterocycles. The minimum Gasteiger partial charge on any atom is -0.496 e. The van der Waals surface area contributed by atoms with E-state index in [0.717, 1.165) is 23.3 Å². The Morgan fingerprint density at radius 1 is 1.38 bits per heavy atom. The molecule has 1 aromatic carbocycles. The topological polar surface area (TPSA) is 44.5 Å². The Balaban J connectivity index is 2.75. The molecule has 1 rings (SSSR count). The van der Waals surface area contributed by atoms with Gasteiger partial charge in [0, 0.05) is 12.1 Å². The van der Waals surface area contributed by atoms with Crippen LogP contribution in [0.15, 0.2) is 18.2 Å². The molecule has 0 spiro atoms. The van der Waals surface area contributed by atoms with Crippen LogP contribution in [0.2, 0.25) is 0 Å². The highest BCUT2D eigenvalue weighted by molar-refractivity contribution is 5.36. The van der Waals surface area contributed by atoms with Crippen molar-refractivity contribution in [2.45, 2.75) is 39.5 Å². The third kappa shape index (κ3) is 3.51. The number of nitrogens with two attached hydrogens (primary N) is 1. The van der Waals surface area contributed by atoms with Gasteiger partial charge in [-0.15, -0.1) is 0 Å². The predicted octanol–water partition coefficient (Wildman–Crippen LogP) is 2.47. The highest BCUT2D eigenvalue weighted by Gasteiger charge is 2.06. The quantitative estimate of drug-likeness (QED) is 0.805. The van der Waals surface area contributed by atoms with Gasteiger partial charge in [0.1, 0.15) is 5.75 Å². The van der Waals surface area contributed by atoms with Crippen LogP contribution in [0.3, 0.4) is 0 Å². The molecular formula is C13H21NO2. The average Bonchev–Trinajstić information content (AvgIpc) is 2.35. The zero-order valence-electron chi connectivity index (χ0n) is 10.3. The molecular weight excluding hydrogens is 202 g/mol. The van der Waals surface area contributed by atoms with Crippen LogP contribution in [0.5, 0.6) is 5.75 Å². The van der Waals surface area contributed by atoms with E-state index in [1.165, 1.54) is 0 Å². The van der Waals surface area contributed by atoms with Crippen molar-refractivity contribution < 1.29 is 9.47 Å². The maximum atomic E-state index is 5.70. The lowest BCUT2D eigenvalue weighted by Gasteiger charge is -2.14. The van der Waals surface area contributed by atoms with Crippen LogP contribution in [-0.2, 0) is 17.9 Å². The Bertz CT molecular complexity index is 326. The van der Waals surface area contributed by atoms with Crippen molar-refractivity contribution in [3.63, 3.8) is 0 Å². The summed E-state index contributed by atoms with van der Waals surface area (Å²) in [7, 11) is 1.67. The van der Waals surface area contributed by atoms with E-state index < -0.39 is 0 Å². The first-order chi connectivity index (χ1) is 7.71. The van der Waals surface area contributed by atoms with Gasteiger partial charge >= 0.3 is 0 Å². The molecule has 1 unspecified atom stereocenters. The van der Waals surface area contributed by atoms with Crippen molar-refractivity contribution in [2.24, 2.45) is 5.73 Å². The zero-order valence-corrected chi connectivity index (χ0v) is 10.3. The number of hydrogen-bond acceptors (Lipinski definition) is 3. The molecule has 2 N–H and O–H groups in total. The molecule has 0 aliphatic carbocycles. The zero-order chi connectivity index (χ0) is 12.0. The van der Waals surface area contributed by atoms with Crippen molar-refractivity contribution in [1.29, 1.82) is 0 Å². The van der Waals surface area contributed by atoms with Crippen molar-refractivity contribution in [1.82, 2.24) is 0 Å². The molecule has 1 aromatic rings. The standard InChI is InChI=1S/C13H21NO2/c1-4-10(2)16-9-12-7-11(8-14)5-6-13(12)15-3/h5-7,10H,4,8-9,14H2,1-3H3. The predicted molar refractivity (Wildman–Crippen MR) is 65.4 cm³/mol. The second kappa shape index (κ2) is 6.51. The van der Waals surface area contributed by atoms with Crippen LogP contribution in [-0.4, -0.2) is 13.2 Å². The number of rotatable bonds is 6. The van der Waals surface area contributed by atoms with Crippen LogP contribution in [0, 0.1) is 0 Å². The molecule has 0 saturated carbocycles. The molecule has 1 atom stereocenters. The lowest BCUT2D eigenvalue weighted by atomic mass is 10.1. The smallest absolute Gasteiger partial charge is 0.124 e. The minimum atomic E-state index is 0.270. The second-order valence-corrected chi connectivity index (χ2v) is 3.88. The highest BCUT2D eigenvalue weighted by atomic mass is 16.5. The first kappa shape index (κ1) is 13.0. The van der Waals surface area contributed by atoms with Crippen LogP contribution in [0.4, 0.5) is 0 Å². The van der Waals surface area contributed by atoms with Crippen LogP contribution in [0.1, 0.15) is 31.4 Å². The fraction of sp³-hybridized carbons (Fsp3) is 0.538. The Morgan fingerprint density at radius 2 is 2.12 bits per heavy atom. The lowest BCUT2D eigenvalue weighted by Crippen LogP contribution is -2.07. The van der Waals surface area contributed by atoms with Crippen molar-refractivity contribution in [3.05, 3.63) is 29.3 Å². The van der Waals surface area contributed by atoms with Crippen LogP contribution < -0.4 is 10.5 Å². The van der Waals surface area contributed by atoms with Gasteiger partial charge in [-0.2, -0.15) is 0 Å². The summed E-state index contributed by atoms with van der Waals surface area (Å²) in [5.74, 6) is 0.862. The molecule has 0 fully saturated rings. The van der Waals surface area contributed by atoms with Crippen molar-refractivity contribution in [2.75, 3.05) is 7.11 Å². The first-order valence-corrected chi connectivity index (χ1v) is 5.68. The second-order valence-electron chi connectivity index (χ2n) is 3.88. The van der Waals surface area contributed by atoms with Gasteiger partial charge in [0.15, 0.2) is 0 Å². The largest absolute Gasteiger partial charge is 0.496 e. The minimum absolute atomic E-state index is 0.270. The number of ether oxygens (including phenoxy) is 2. The number of benzene rings is 1. The third-order valence-corrected chi connectivity index (χ3v) is 2.68. The molecule has 16 heavy (non-hydrogen) atoms. The maximum Gasteiger partial charge on any atom is 0.124 e. The van der Waals surface area contributed by atoms with Crippen molar-refractivity contribution >= 4 is 0 Å². The van der Waals surface area contributed by atoms with E-state index in [2.05, 4.69) is 13.8 Å². The molecule has 0 radical (unpaired) electrons. The molecule has 3 heteroatoms. The molecule has 3 nitrogen and oxygen atoms in total. The molecule has 0 aliphatic rings. The SMILES string of the molecule is CCC(C)OCc1cc(CN)ccc1OC. The van der Waals surface area contributed by atoms with Gasteiger partial charge in [0.05, 0.1) is 19.8 Å². The van der Waals surface area contributed by atoms with Gasteiger partial charge in [-0.3, -0.25) is 0 Å². The van der Waals surface area contributed by atoms with E-state index in [9.17, 15) is 0 Å². The van der Waals surface area contributed by atoms with E-state index >= 15 is 0 Å². The normalized spacial score (nSPS) is 12.5. The van der Waals surface area contributed by atoms with E-state index in [-0.39, 0.29) is 6.10 Å². The molecule has 0 bridgehead atoms. The summed E-state index contributed by atoms with van der Waals surface area (Å²) in [6.45, 7) is 5.30. The van der Waals surface area contributed by atoms with Crippen LogP contribution >= 0.6 is 0 Å². The maximum absolute atomic E-state index is 5.70. The van der Waals surface area contributed by atoms with E-state index in [0.29, 0.717) is 13.2 Å².